The molecule has 0 amide bonds. The van der Waals surface area contributed by atoms with Crippen LogP contribution in [0.5, 0.6) is 0 Å². The molecule has 0 bridgehead atoms. The standard InChI is InChI=1S/C19H16FN3O3/c1-11(13-5-2-6-14(10-13)23-19(21)22)18(26)15-7-3-4-12(17(15)20)8-9-16(24)25/h2-10H,1H2,(H,24,25)(H4,21,22,23). The van der Waals surface area contributed by atoms with E-state index in [0.717, 1.165) is 12.2 Å². The lowest BCUT2D eigenvalue weighted by Gasteiger charge is -2.10. The van der Waals surface area contributed by atoms with Gasteiger partial charge in [-0.25, -0.2) is 9.18 Å². The number of halogens is 1. The molecule has 2 aromatic carbocycles. The van der Waals surface area contributed by atoms with Crippen LogP contribution < -0.4 is 11.1 Å². The molecule has 0 saturated heterocycles. The van der Waals surface area contributed by atoms with Crippen molar-refractivity contribution in [2.24, 2.45) is 5.73 Å². The number of allylic oxidation sites excluding steroid dienone is 1. The summed E-state index contributed by atoms with van der Waals surface area (Å²) in [5.41, 5.74) is 6.02. The highest BCUT2D eigenvalue weighted by atomic mass is 19.1. The zero-order chi connectivity index (χ0) is 19.3. The predicted octanol–water partition coefficient (Wildman–Crippen LogP) is 3.12. The van der Waals surface area contributed by atoms with E-state index in [4.69, 9.17) is 16.2 Å². The van der Waals surface area contributed by atoms with Crippen LogP contribution in [0.1, 0.15) is 21.5 Å². The molecule has 0 aliphatic carbocycles. The van der Waals surface area contributed by atoms with Crippen LogP contribution in [0.15, 0.2) is 55.1 Å². The number of nitrogens with one attached hydrogen (secondary N) is 2. The molecule has 6 nitrogen and oxygen atoms in total. The summed E-state index contributed by atoms with van der Waals surface area (Å²) in [6, 6.07) is 10.6. The average molecular weight is 353 g/mol. The molecule has 0 aliphatic rings. The summed E-state index contributed by atoms with van der Waals surface area (Å²) in [6.45, 7) is 3.73. The van der Waals surface area contributed by atoms with E-state index in [9.17, 15) is 14.0 Å². The van der Waals surface area contributed by atoms with Crippen LogP contribution in [-0.4, -0.2) is 22.8 Å². The van der Waals surface area contributed by atoms with Gasteiger partial charge in [-0.05, 0) is 29.8 Å². The Kier molecular flexibility index (Phi) is 5.64. The van der Waals surface area contributed by atoms with E-state index < -0.39 is 17.6 Å². The van der Waals surface area contributed by atoms with Crippen molar-refractivity contribution < 1.29 is 19.1 Å². The van der Waals surface area contributed by atoms with Gasteiger partial charge in [-0.15, -0.1) is 0 Å². The van der Waals surface area contributed by atoms with Gasteiger partial charge in [0.2, 0.25) is 0 Å². The maximum atomic E-state index is 14.5. The molecule has 5 N–H and O–H groups in total. The Hall–Kier alpha value is -3.74. The van der Waals surface area contributed by atoms with Crippen molar-refractivity contribution >= 4 is 35.0 Å². The molecule has 7 heteroatoms. The van der Waals surface area contributed by atoms with Crippen LogP contribution in [0.25, 0.3) is 11.6 Å². The van der Waals surface area contributed by atoms with Crippen LogP contribution in [0.4, 0.5) is 10.1 Å². The van der Waals surface area contributed by atoms with Gasteiger partial charge >= 0.3 is 5.97 Å². The number of carboxylic acid groups (broad SMARTS) is 1. The third-order valence-electron chi connectivity index (χ3n) is 3.44. The van der Waals surface area contributed by atoms with E-state index in [0.29, 0.717) is 11.3 Å². The Balaban J connectivity index is 2.34. The first-order valence-electron chi connectivity index (χ1n) is 7.44. The number of rotatable bonds is 6. The van der Waals surface area contributed by atoms with Gasteiger partial charge in [-0.2, -0.15) is 0 Å². The quantitative estimate of drug-likeness (QED) is 0.276. The van der Waals surface area contributed by atoms with Gasteiger partial charge in [0.1, 0.15) is 5.82 Å². The lowest BCUT2D eigenvalue weighted by molar-refractivity contribution is -0.131. The topological polar surface area (TPSA) is 116 Å². The van der Waals surface area contributed by atoms with Gasteiger partial charge in [0, 0.05) is 22.9 Å². The minimum Gasteiger partial charge on any atom is -0.478 e. The fourth-order valence-electron chi connectivity index (χ4n) is 2.25. The molecule has 0 saturated carbocycles. The van der Waals surface area contributed by atoms with Crippen LogP contribution in [0.2, 0.25) is 0 Å². The first-order valence-corrected chi connectivity index (χ1v) is 7.44. The number of anilines is 1. The molecule has 0 atom stereocenters. The smallest absolute Gasteiger partial charge is 0.328 e. The third kappa shape index (κ3) is 4.41. The second-order valence-corrected chi connectivity index (χ2v) is 5.31. The summed E-state index contributed by atoms with van der Waals surface area (Å²) in [4.78, 5) is 23.2. The van der Waals surface area contributed by atoms with Crippen LogP contribution in [0, 0.1) is 11.2 Å². The van der Waals surface area contributed by atoms with E-state index in [2.05, 4.69) is 11.9 Å². The SMILES string of the molecule is C=C(C(=O)c1cccc(C=CC(=O)O)c1F)c1cccc(NC(=N)N)c1. The van der Waals surface area contributed by atoms with Crippen molar-refractivity contribution in [3.05, 3.63) is 77.6 Å². The zero-order valence-corrected chi connectivity index (χ0v) is 13.6. The van der Waals surface area contributed by atoms with E-state index in [1.54, 1.807) is 24.3 Å². The molecule has 0 radical (unpaired) electrons. The summed E-state index contributed by atoms with van der Waals surface area (Å²) < 4.78 is 14.5. The largest absolute Gasteiger partial charge is 0.478 e. The highest BCUT2D eigenvalue weighted by Crippen LogP contribution is 2.24. The molecule has 2 aromatic rings. The van der Waals surface area contributed by atoms with Gasteiger partial charge in [0.25, 0.3) is 0 Å². The molecule has 0 fully saturated rings. The summed E-state index contributed by atoms with van der Waals surface area (Å²) >= 11 is 0. The Bertz CT molecular complexity index is 935. The first-order chi connectivity index (χ1) is 12.3. The van der Waals surface area contributed by atoms with Gasteiger partial charge in [0.15, 0.2) is 11.7 Å². The molecular formula is C19H16FN3O3. The lowest BCUT2D eigenvalue weighted by atomic mass is 9.96. The fraction of sp³-hybridized carbons (Fsp3) is 0. The van der Waals surface area contributed by atoms with Crippen molar-refractivity contribution in [1.29, 1.82) is 5.41 Å². The van der Waals surface area contributed by atoms with Gasteiger partial charge in [-0.1, -0.05) is 30.8 Å². The average Bonchev–Trinajstić information content (AvgIpc) is 2.59. The Morgan fingerprint density at radius 2 is 1.92 bits per heavy atom. The number of aliphatic carboxylic acids is 1. The van der Waals surface area contributed by atoms with Crippen molar-refractivity contribution in [2.45, 2.75) is 0 Å². The van der Waals surface area contributed by atoms with E-state index >= 15 is 0 Å². The predicted molar refractivity (Wildman–Crippen MR) is 98.4 cm³/mol. The third-order valence-corrected chi connectivity index (χ3v) is 3.44. The minimum atomic E-state index is -1.22. The highest BCUT2D eigenvalue weighted by Gasteiger charge is 2.18. The number of Topliss-reactive ketones (excluding diaryl/α,β-unsaturated/α-hetero) is 1. The number of hydrogen-bond acceptors (Lipinski definition) is 3. The fourth-order valence-corrected chi connectivity index (χ4v) is 2.25. The van der Waals surface area contributed by atoms with Crippen molar-refractivity contribution in [3.63, 3.8) is 0 Å². The lowest BCUT2D eigenvalue weighted by Crippen LogP contribution is -2.20. The van der Waals surface area contributed by atoms with Gasteiger partial charge in [0.05, 0.1) is 5.56 Å². The maximum absolute atomic E-state index is 14.5. The number of hydrogen-bond donors (Lipinski definition) is 4. The van der Waals surface area contributed by atoms with Gasteiger partial charge in [-0.3, -0.25) is 10.2 Å². The summed E-state index contributed by atoms with van der Waals surface area (Å²) in [7, 11) is 0. The van der Waals surface area contributed by atoms with E-state index in [1.165, 1.54) is 18.2 Å². The molecular weight excluding hydrogens is 337 g/mol. The normalized spacial score (nSPS) is 10.5. The van der Waals surface area contributed by atoms with Crippen molar-refractivity contribution in [1.82, 2.24) is 0 Å². The van der Waals surface area contributed by atoms with Gasteiger partial charge < -0.3 is 16.2 Å². The monoisotopic (exact) mass is 353 g/mol. The van der Waals surface area contributed by atoms with E-state index in [1.807, 2.05) is 0 Å². The Morgan fingerprint density at radius 1 is 1.23 bits per heavy atom. The molecule has 0 aliphatic heterocycles. The van der Waals surface area contributed by atoms with E-state index in [-0.39, 0.29) is 22.7 Å². The second kappa shape index (κ2) is 7.89. The number of carbonyl (C=O) groups excluding carboxylic acids is 1. The molecule has 0 heterocycles. The minimum absolute atomic E-state index is 0.0157. The first kappa shape index (κ1) is 18.6. The van der Waals surface area contributed by atoms with Crippen molar-refractivity contribution in [3.8, 4) is 0 Å². The number of ketones is 1. The van der Waals surface area contributed by atoms with Crippen LogP contribution in [0.3, 0.4) is 0 Å². The number of carbonyl (C=O) groups is 2. The summed E-state index contributed by atoms with van der Waals surface area (Å²) in [5, 5.41) is 18.5. The molecule has 0 unspecified atom stereocenters. The number of carboxylic acids is 1. The second-order valence-electron chi connectivity index (χ2n) is 5.31. The number of benzene rings is 2. The molecule has 2 rings (SSSR count). The maximum Gasteiger partial charge on any atom is 0.328 e. The highest BCUT2D eigenvalue weighted by molar-refractivity contribution is 6.28. The van der Waals surface area contributed by atoms with Crippen molar-refractivity contribution in [2.75, 3.05) is 5.32 Å². The molecule has 26 heavy (non-hydrogen) atoms. The molecule has 132 valence electrons. The Morgan fingerprint density at radius 3 is 2.58 bits per heavy atom. The number of guanidine groups is 1. The zero-order valence-electron chi connectivity index (χ0n) is 13.6. The molecule has 0 spiro atoms. The Labute approximate surface area is 149 Å². The van der Waals surface area contributed by atoms with Crippen LogP contribution >= 0.6 is 0 Å². The summed E-state index contributed by atoms with van der Waals surface area (Å²) in [5.74, 6) is -2.94. The number of nitrogens with two attached hydrogens (primary N) is 1. The van der Waals surface area contributed by atoms with Crippen LogP contribution in [-0.2, 0) is 4.79 Å². The molecule has 0 aromatic heterocycles. The summed E-state index contributed by atoms with van der Waals surface area (Å²) in [6.07, 6.45) is 1.87.